The minimum absolute atomic E-state index is 0.179. The Morgan fingerprint density at radius 3 is 2.00 bits per heavy atom. The molecular weight excluding hydrogens is 172 g/mol. The zero-order chi connectivity index (χ0) is 9.86. The van der Waals surface area contributed by atoms with Gasteiger partial charge in [0.05, 0.1) is 12.7 Å². The van der Waals surface area contributed by atoms with Gasteiger partial charge in [-0.2, -0.15) is 0 Å². The first-order chi connectivity index (χ1) is 6.87. The summed E-state index contributed by atoms with van der Waals surface area (Å²) in [4.78, 5) is 0. The highest BCUT2D eigenvalue weighted by Gasteiger charge is 2.39. The Balaban J connectivity index is 2.01. The summed E-state index contributed by atoms with van der Waals surface area (Å²) < 4.78 is 5.67. The van der Waals surface area contributed by atoms with Crippen molar-refractivity contribution in [3.8, 4) is 0 Å². The fourth-order valence-corrected chi connectivity index (χ4v) is 3.45. The smallest absolute Gasteiger partial charge is 0.0711 e. The van der Waals surface area contributed by atoms with Gasteiger partial charge in [0.25, 0.3) is 0 Å². The van der Waals surface area contributed by atoms with E-state index in [1.807, 2.05) is 0 Å². The van der Waals surface area contributed by atoms with Crippen molar-refractivity contribution in [1.82, 2.24) is 0 Å². The van der Waals surface area contributed by atoms with Crippen molar-refractivity contribution in [2.75, 3.05) is 0 Å². The second-order valence-electron chi connectivity index (χ2n) is 5.10. The van der Waals surface area contributed by atoms with Crippen LogP contribution in [-0.4, -0.2) is 5.60 Å². The average Bonchev–Trinajstić information content (AvgIpc) is 2.31. The Bertz CT molecular complexity index is 164. The molecule has 0 aromatic carbocycles. The molecule has 2 fully saturated rings. The Hall–Kier alpha value is -0.0400. The molecule has 0 heterocycles. The van der Waals surface area contributed by atoms with Gasteiger partial charge in [-0.3, -0.25) is 0 Å². The number of rotatable bonds is 2. The van der Waals surface area contributed by atoms with E-state index in [-0.39, 0.29) is 5.60 Å². The minimum atomic E-state index is 0.179. The molecule has 0 aromatic rings. The first kappa shape index (κ1) is 10.5. The fourth-order valence-electron chi connectivity index (χ4n) is 3.45. The zero-order valence-electron chi connectivity index (χ0n) is 9.26. The molecular formula is C13H23O. The van der Waals surface area contributed by atoms with Gasteiger partial charge in [-0.1, -0.05) is 38.5 Å². The van der Waals surface area contributed by atoms with Gasteiger partial charge in [-0.05, 0) is 31.6 Å². The summed E-state index contributed by atoms with van der Waals surface area (Å²) in [5, 5.41) is 0. The standard InChI is InChI=1S/C13H23O/c1-14-13(10-6-3-7-11-13)12-8-4-2-5-9-12/h12H,1-11H2. The third-order valence-corrected chi connectivity index (χ3v) is 4.34. The highest BCUT2D eigenvalue weighted by molar-refractivity contribution is 4.92. The Morgan fingerprint density at radius 1 is 0.857 bits per heavy atom. The Kier molecular flexibility index (Phi) is 3.48. The van der Waals surface area contributed by atoms with Crippen LogP contribution in [0.2, 0.25) is 0 Å². The molecule has 0 aliphatic heterocycles. The number of hydrogen-bond acceptors (Lipinski definition) is 1. The lowest BCUT2D eigenvalue weighted by Crippen LogP contribution is -2.42. The molecule has 2 aliphatic rings. The molecule has 0 spiro atoms. The summed E-state index contributed by atoms with van der Waals surface area (Å²) in [5.41, 5.74) is 0.179. The van der Waals surface area contributed by atoms with Gasteiger partial charge in [0.1, 0.15) is 0 Å². The minimum Gasteiger partial charge on any atom is -0.372 e. The molecule has 2 saturated carbocycles. The molecule has 0 saturated heterocycles. The van der Waals surface area contributed by atoms with E-state index in [4.69, 9.17) is 4.74 Å². The summed E-state index contributed by atoms with van der Waals surface area (Å²) in [5.74, 6) is 0.814. The van der Waals surface area contributed by atoms with E-state index in [0.29, 0.717) is 0 Å². The van der Waals surface area contributed by atoms with Crippen LogP contribution >= 0.6 is 0 Å². The fraction of sp³-hybridized carbons (Fsp3) is 0.923. The number of hydrogen-bond donors (Lipinski definition) is 0. The van der Waals surface area contributed by atoms with E-state index in [2.05, 4.69) is 7.11 Å². The molecule has 0 aromatic heterocycles. The molecule has 2 rings (SSSR count). The van der Waals surface area contributed by atoms with Crippen molar-refractivity contribution < 1.29 is 4.74 Å². The predicted octanol–water partition coefficient (Wildman–Crippen LogP) is 4.08. The third kappa shape index (κ3) is 1.98. The van der Waals surface area contributed by atoms with Gasteiger partial charge in [-0.25, -0.2) is 0 Å². The van der Waals surface area contributed by atoms with Crippen molar-refractivity contribution in [2.24, 2.45) is 5.92 Å². The van der Waals surface area contributed by atoms with Gasteiger partial charge in [0, 0.05) is 0 Å². The maximum Gasteiger partial charge on any atom is 0.0711 e. The maximum atomic E-state index is 5.67. The summed E-state index contributed by atoms with van der Waals surface area (Å²) >= 11 is 0. The highest BCUT2D eigenvalue weighted by Crippen LogP contribution is 2.43. The predicted molar refractivity (Wildman–Crippen MR) is 58.8 cm³/mol. The lowest BCUT2D eigenvalue weighted by Gasteiger charge is -2.44. The first-order valence-corrected chi connectivity index (χ1v) is 6.31. The van der Waals surface area contributed by atoms with Gasteiger partial charge >= 0.3 is 0 Å². The molecule has 0 amide bonds. The lowest BCUT2D eigenvalue weighted by molar-refractivity contribution is -0.0751. The molecule has 2 aliphatic carbocycles. The lowest BCUT2D eigenvalue weighted by atomic mass is 9.70. The van der Waals surface area contributed by atoms with E-state index >= 15 is 0 Å². The topological polar surface area (TPSA) is 9.23 Å². The molecule has 1 heteroatoms. The van der Waals surface area contributed by atoms with Crippen LogP contribution in [0.1, 0.15) is 64.2 Å². The highest BCUT2D eigenvalue weighted by atomic mass is 16.5. The third-order valence-electron chi connectivity index (χ3n) is 4.34. The van der Waals surface area contributed by atoms with Crippen LogP contribution in [0.5, 0.6) is 0 Å². The molecule has 0 bridgehead atoms. The van der Waals surface area contributed by atoms with Crippen molar-refractivity contribution in [1.29, 1.82) is 0 Å². The van der Waals surface area contributed by atoms with E-state index in [0.717, 1.165) is 5.92 Å². The van der Waals surface area contributed by atoms with Crippen molar-refractivity contribution in [3.63, 3.8) is 0 Å². The molecule has 14 heavy (non-hydrogen) atoms. The second-order valence-corrected chi connectivity index (χ2v) is 5.10. The monoisotopic (exact) mass is 195 g/mol. The maximum absolute atomic E-state index is 5.67. The van der Waals surface area contributed by atoms with Crippen LogP contribution in [0, 0.1) is 13.0 Å². The normalized spacial score (nSPS) is 28.9. The van der Waals surface area contributed by atoms with Crippen LogP contribution in [0.15, 0.2) is 0 Å². The van der Waals surface area contributed by atoms with Gasteiger partial charge in [-0.15, -0.1) is 0 Å². The van der Waals surface area contributed by atoms with Crippen LogP contribution in [0.3, 0.4) is 0 Å². The van der Waals surface area contributed by atoms with Crippen molar-refractivity contribution in [2.45, 2.75) is 69.8 Å². The summed E-state index contributed by atoms with van der Waals surface area (Å²) in [6, 6.07) is 0. The van der Waals surface area contributed by atoms with Crippen LogP contribution in [0.25, 0.3) is 0 Å². The van der Waals surface area contributed by atoms with Crippen LogP contribution in [0.4, 0.5) is 0 Å². The average molecular weight is 195 g/mol. The van der Waals surface area contributed by atoms with Crippen LogP contribution < -0.4 is 0 Å². The molecule has 81 valence electrons. The number of ether oxygens (including phenoxy) is 1. The second kappa shape index (κ2) is 4.65. The van der Waals surface area contributed by atoms with E-state index < -0.39 is 0 Å². The zero-order valence-corrected chi connectivity index (χ0v) is 9.26. The molecule has 0 atom stereocenters. The summed E-state index contributed by atoms with van der Waals surface area (Å²) in [6.07, 6.45) is 13.7. The van der Waals surface area contributed by atoms with Crippen molar-refractivity contribution >= 4 is 0 Å². The van der Waals surface area contributed by atoms with Gasteiger partial charge < -0.3 is 4.74 Å². The van der Waals surface area contributed by atoms with E-state index in [9.17, 15) is 0 Å². The summed E-state index contributed by atoms with van der Waals surface area (Å²) in [6.45, 7) is 0. The largest absolute Gasteiger partial charge is 0.372 e. The molecule has 1 radical (unpaired) electrons. The quantitative estimate of drug-likeness (QED) is 0.645. The van der Waals surface area contributed by atoms with E-state index in [1.165, 1.54) is 64.2 Å². The Labute approximate surface area is 88.2 Å². The summed E-state index contributed by atoms with van der Waals surface area (Å²) in [7, 11) is 3.76. The first-order valence-electron chi connectivity index (χ1n) is 6.31. The van der Waals surface area contributed by atoms with Crippen LogP contribution in [-0.2, 0) is 4.74 Å². The molecule has 0 unspecified atom stereocenters. The van der Waals surface area contributed by atoms with E-state index in [1.54, 1.807) is 0 Å². The SMILES string of the molecule is [CH2]OC1(C2CCCCC2)CCCCC1. The van der Waals surface area contributed by atoms with Crippen molar-refractivity contribution in [3.05, 3.63) is 7.11 Å². The molecule has 1 nitrogen and oxygen atoms in total. The Morgan fingerprint density at radius 2 is 1.43 bits per heavy atom. The van der Waals surface area contributed by atoms with Gasteiger partial charge in [0.2, 0.25) is 0 Å². The molecule has 0 N–H and O–H groups in total. The van der Waals surface area contributed by atoms with Gasteiger partial charge in [0.15, 0.2) is 0 Å².